The zero-order valence-electron chi connectivity index (χ0n) is 10.8. The summed E-state index contributed by atoms with van der Waals surface area (Å²) in [7, 11) is 0. The van der Waals surface area contributed by atoms with Gasteiger partial charge in [0, 0.05) is 22.8 Å². The molecule has 21 heavy (non-hydrogen) atoms. The summed E-state index contributed by atoms with van der Waals surface area (Å²) in [5, 5.41) is 9.27. The topological polar surface area (TPSA) is 29.5 Å². The fourth-order valence-electron chi connectivity index (χ4n) is 1.97. The number of hydrogen-bond donors (Lipinski definition) is 1. The Morgan fingerprint density at radius 2 is 1.76 bits per heavy atom. The van der Waals surface area contributed by atoms with Crippen LogP contribution in [0.25, 0.3) is 11.1 Å². The lowest BCUT2D eigenvalue weighted by molar-refractivity contribution is -0.274. The molecular weight excluding hydrogens is 305 g/mol. The summed E-state index contributed by atoms with van der Waals surface area (Å²) >= 11 is 6.07. The minimum atomic E-state index is -4.77. The van der Waals surface area contributed by atoms with E-state index in [1.54, 1.807) is 24.3 Å². The molecule has 0 fully saturated rings. The van der Waals surface area contributed by atoms with Gasteiger partial charge < -0.3 is 9.84 Å². The van der Waals surface area contributed by atoms with Gasteiger partial charge in [0.15, 0.2) is 0 Å². The van der Waals surface area contributed by atoms with Crippen LogP contribution in [0.1, 0.15) is 5.56 Å². The van der Waals surface area contributed by atoms with Crippen LogP contribution in [-0.4, -0.2) is 18.1 Å². The van der Waals surface area contributed by atoms with Gasteiger partial charge in [0.05, 0.1) is 0 Å². The molecule has 0 atom stereocenters. The predicted molar refractivity (Wildman–Crippen MR) is 74.4 cm³/mol. The second kappa shape index (κ2) is 6.37. The molecule has 0 radical (unpaired) electrons. The average Bonchev–Trinajstić information content (AvgIpc) is 2.40. The maximum absolute atomic E-state index is 12.4. The molecule has 0 aliphatic heterocycles. The van der Waals surface area contributed by atoms with Gasteiger partial charge in [0.1, 0.15) is 5.75 Å². The summed E-state index contributed by atoms with van der Waals surface area (Å²) in [5.74, 6) is -0.312. The maximum atomic E-state index is 12.4. The first-order valence-electron chi connectivity index (χ1n) is 6.15. The SMILES string of the molecule is OCCc1ccc(Cl)c(-c2ccccc2OC(F)(F)F)c1. The first kappa shape index (κ1) is 15.7. The average molecular weight is 317 g/mol. The molecule has 0 saturated heterocycles. The maximum Gasteiger partial charge on any atom is 0.573 e. The lowest BCUT2D eigenvalue weighted by Gasteiger charge is -2.14. The zero-order chi connectivity index (χ0) is 15.5. The number of halogens is 4. The van der Waals surface area contributed by atoms with Crippen molar-refractivity contribution in [2.45, 2.75) is 12.8 Å². The molecule has 0 heterocycles. The third kappa shape index (κ3) is 4.12. The molecule has 1 N–H and O–H groups in total. The normalized spacial score (nSPS) is 11.5. The van der Waals surface area contributed by atoms with Crippen molar-refractivity contribution < 1.29 is 23.0 Å². The summed E-state index contributed by atoms with van der Waals surface area (Å²) < 4.78 is 41.4. The Balaban J connectivity index is 2.49. The van der Waals surface area contributed by atoms with E-state index in [2.05, 4.69) is 4.74 Å². The lowest BCUT2D eigenvalue weighted by Crippen LogP contribution is -2.17. The third-order valence-electron chi connectivity index (χ3n) is 2.83. The second-order valence-electron chi connectivity index (χ2n) is 4.33. The van der Waals surface area contributed by atoms with E-state index in [9.17, 15) is 13.2 Å². The molecule has 2 aromatic carbocycles. The van der Waals surface area contributed by atoms with E-state index >= 15 is 0 Å². The van der Waals surface area contributed by atoms with Crippen LogP contribution >= 0.6 is 11.6 Å². The van der Waals surface area contributed by atoms with Gasteiger partial charge in [0.25, 0.3) is 0 Å². The molecule has 0 aromatic heterocycles. The van der Waals surface area contributed by atoms with Crippen molar-refractivity contribution >= 4 is 11.6 Å². The van der Waals surface area contributed by atoms with Crippen molar-refractivity contribution in [2.75, 3.05) is 6.61 Å². The molecule has 0 saturated carbocycles. The van der Waals surface area contributed by atoms with Crippen molar-refractivity contribution in [3.8, 4) is 16.9 Å². The van der Waals surface area contributed by atoms with Crippen LogP contribution < -0.4 is 4.74 Å². The number of benzene rings is 2. The fraction of sp³-hybridized carbons (Fsp3) is 0.200. The van der Waals surface area contributed by atoms with Crippen LogP contribution in [0.4, 0.5) is 13.2 Å². The largest absolute Gasteiger partial charge is 0.573 e. The first-order chi connectivity index (χ1) is 9.90. The van der Waals surface area contributed by atoms with Crippen molar-refractivity contribution in [3.63, 3.8) is 0 Å². The molecule has 0 amide bonds. The zero-order valence-corrected chi connectivity index (χ0v) is 11.6. The number of hydrogen-bond acceptors (Lipinski definition) is 2. The minimum absolute atomic E-state index is 0.0538. The van der Waals surface area contributed by atoms with Crippen molar-refractivity contribution in [2.24, 2.45) is 0 Å². The number of aliphatic hydroxyl groups is 1. The highest BCUT2D eigenvalue weighted by molar-refractivity contribution is 6.33. The number of ether oxygens (including phenoxy) is 1. The van der Waals surface area contributed by atoms with Crippen LogP contribution in [0.3, 0.4) is 0 Å². The van der Waals surface area contributed by atoms with Gasteiger partial charge in [-0.15, -0.1) is 13.2 Å². The van der Waals surface area contributed by atoms with Gasteiger partial charge >= 0.3 is 6.36 Å². The fourth-order valence-corrected chi connectivity index (χ4v) is 2.19. The van der Waals surface area contributed by atoms with E-state index in [-0.39, 0.29) is 17.9 Å². The Bertz CT molecular complexity index is 627. The van der Waals surface area contributed by atoms with Gasteiger partial charge in [-0.1, -0.05) is 35.9 Å². The van der Waals surface area contributed by atoms with Crippen LogP contribution in [0, 0.1) is 0 Å². The van der Waals surface area contributed by atoms with Gasteiger partial charge in [-0.05, 0) is 30.2 Å². The summed E-state index contributed by atoms with van der Waals surface area (Å²) in [5.41, 5.74) is 1.46. The molecule has 0 unspecified atom stereocenters. The number of rotatable bonds is 4. The molecule has 112 valence electrons. The first-order valence-corrected chi connectivity index (χ1v) is 6.53. The standard InChI is InChI=1S/C15H12ClF3O2/c16-13-6-5-10(7-8-20)9-12(13)11-3-1-2-4-14(11)21-15(17,18)19/h1-6,9,20H,7-8H2. The Morgan fingerprint density at radius 1 is 1.05 bits per heavy atom. The van der Waals surface area contributed by atoms with Gasteiger partial charge in [-0.25, -0.2) is 0 Å². The highest BCUT2D eigenvalue weighted by Gasteiger charge is 2.32. The Kier molecular flexibility index (Phi) is 4.75. The Hall–Kier alpha value is -1.72. The van der Waals surface area contributed by atoms with Crippen LogP contribution in [-0.2, 0) is 6.42 Å². The van der Waals surface area contributed by atoms with Gasteiger partial charge in [0.2, 0.25) is 0 Å². The van der Waals surface area contributed by atoms with E-state index in [4.69, 9.17) is 16.7 Å². The molecule has 0 aliphatic rings. The summed E-state index contributed by atoms with van der Waals surface area (Å²) in [6, 6.07) is 10.8. The van der Waals surface area contributed by atoms with E-state index in [1.165, 1.54) is 18.2 Å². The Morgan fingerprint density at radius 3 is 2.43 bits per heavy atom. The van der Waals surface area contributed by atoms with Crippen molar-refractivity contribution in [1.82, 2.24) is 0 Å². The molecule has 0 bridgehead atoms. The van der Waals surface area contributed by atoms with Gasteiger partial charge in [-0.2, -0.15) is 0 Å². The molecule has 2 rings (SSSR count). The van der Waals surface area contributed by atoms with E-state index < -0.39 is 6.36 Å². The van der Waals surface area contributed by atoms with Crippen LogP contribution in [0.15, 0.2) is 42.5 Å². The van der Waals surface area contributed by atoms with E-state index in [0.29, 0.717) is 17.0 Å². The smallest absolute Gasteiger partial charge is 0.405 e. The molecule has 2 aromatic rings. The third-order valence-corrected chi connectivity index (χ3v) is 3.16. The number of alkyl halides is 3. The van der Waals surface area contributed by atoms with Crippen molar-refractivity contribution in [3.05, 3.63) is 53.1 Å². The second-order valence-corrected chi connectivity index (χ2v) is 4.74. The Labute approximate surface area is 124 Å². The van der Waals surface area contributed by atoms with E-state index in [1.807, 2.05) is 0 Å². The number of aliphatic hydroxyl groups excluding tert-OH is 1. The molecule has 0 spiro atoms. The molecule has 2 nitrogen and oxygen atoms in total. The van der Waals surface area contributed by atoms with Gasteiger partial charge in [-0.3, -0.25) is 0 Å². The monoisotopic (exact) mass is 316 g/mol. The molecule has 0 aliphatic carbocycles. The summed E-state index contributed by atoms with van der Waals surface area (Å²) in [4.78, 5) is 0. The number of para-hydroxylation sites is 1. The quantitative estimate of drug-likeness (QED) is 0.903. The van der Waals surface area contributed by atoms with E-state index in [0.717, 1.165) is 5.56 Å². The molecule has 6 heteroatoms. The summed E-state index contributed by atoms with van der Waals surface area (Å²) in [6.45, 7) is -0.0538. The lowest BCUT2D eigenvalue weighted by atomic mass is 10.0. The molecular formula is C15H12ClF3O2. The minimum Gasteiger partial charge on any atom is -0.405 e. The van der Waals surface area contributed by atoms with Crippen LogP contribution in [0.5, 0.6) is 5.75 Å². The highest BCUT2D eigenvalue weighted by atomic mass is 35.5. The predicted octanol–water partition coefficient (Wildman–Crippen LogP) is 4.44. The summed E-state index contributed by atoms with van der Waals surface area (Å²) in [6.07, 6.45) is -4.38. The van der Waals surface area contributed by atoms with Crippen molar-refractivity contribution in [1.29, 1.82) is 0 Å². The van der Waals surface area contributed by atoms with Crippen LogP contribution in [0.2, 0.25) is 5.02 Å². The highest BCUT2D eigenvalue weighted by Crippen LogP contribution is 2.37.